The summed E-state index contributed by atoms with van der Waals surface area (Å²) in [6.45, 7) is 0. The molecule has 2 rings (SSSR count). The molecule has 2 N–H and O–H groups in total. The van der Waals surface area contributed by atoms with Crippen LogP contribution in [0.3, 0.4) is 0 Å². The van der Waals surface area contributed by atoms with E-state index < -0.39 is 11.7 Å². The fourth-order valence-electron chi connectivity index (χ4n) is 2.02. The van der Waals surface area contributed by atoms with Gasteiger partial charge in [0.25, 0.3) is 0 Å². The van der Waals surface area contributed by atoms with E-state index in [0.717, 1.165) is 25.0 Å². The minimum Gasteiger partial charge on any atom is -0.490 e. The molecule has 1 aromatic rings. The number of alkyl halides is 3. The Bertz CT molecular complexity index is 392. The lowest BCUT2D eigenvalue weighted by atomic mass is 10.2. The van der Waals surface area contributed by atoms with E-state index in [-0.39, 0.29) is 17.9 Å². The van der Waals surface area contributed by atoms with Gasteiger partial charge < -0.3 is 10.5 Å². The monoisotopic (exact) mass is 245 g/mol. The zero-order chi connectivity index (χ0) is 12.5. The molecule has 1 aromatic carbocycles. The molecule has 5 heteroatoms. The van der Waals surface area contributed by atoms with Crippen LogP contribution in [0.2, 0.25) is 0 Å². The van der Waals surface area contributed by atoms with Gasteiger partial charge in [-0.25, -0.2) is 0 Å². The lowest BCUT2D eigenvalue weighted by molar-refractivity contribution is -0.137. The number of halogens is 3. The van der Waals surface area contributed by atoms with E-state index in [9.17, 15) is 13.2 Å². The first-order valence-corrected chi connectivity index (χ1v) is 5.54. The smallest absolute Gasteiger partial charge is 0.416 e. The summed E-state index contributed by atoms with van der Waals surface area (Å²) in [7, 11) is 0. The highest BCUT2D eigenvalue weighted by molar-refractivity contribution is 5.30. The van der Waals surface area contributed by atoms with Gasteiger partial charge >= 0.3 is 6.18 Å². The van der Waals surface area contributed by atoms with E-state index in [0.29, 0.717) is 6.42 Å². The number of ether oxygens (including phenoxy) is 1. The van der Waals surface area contributed by atoms with Crippen LogP contribution in [0.5, 0.6) is 5.75 Å². The molecule has 2 atom stereocenters. The van der Waals surface area contributed by atoms with Crippen molar-refractivity contribution in [3.63, 3.8) is 0 Å². The Kier molecular flexibility index (Phi) is 3.28. The Morgan fingerprint density at radius 2 is 2.00 bits per heavy atom. The molecule has 0 heterocycles. The van der Waals surface area contributed by atoms with E-state index in [4.69, 9.17) is 10.5 Å². The molecule has 0 aromatic heterocycles. The first-order chi connectivity index (χ1) is 7.95. The summed E-state index contributed by atoms with van der Waals surface area (Å²) in [6.07, 6.45) is -2.02. The molecule has 94 valence electrons. The molecular formula is C12H14F3NO. The number of rotatable bonds is 2. The van der Waals surface area contributed by atoms with Crippen LogP contribution in [0.15, 0.2) is 24.3 Å². The predicted molar refractivity (Wildman–Crippen MR) is 57.7 cm³/mol. The lowest BCUT2D eigenvalue weighted by Gasteiger charge is -2.15. The quantitative estimate of drug-likeness (QED) is 0.869. The van der Waals surface area contributed by atoms with Crippen molar-refractivity contribution >= 4 is 0 Å². The van der Waals surface area contributed by atoms with Gasteiger partial charge in [0.05, 0.1) is 5.56 Å². The number of nitrogens with two attached hydrogens (primary N) is 1. The van der Waals surface area contributed by atoms with Crippen LogP contribution in [0.25, 0.3) is 0 Å². The summed E-state index contributed by atoms with van der Waals surface area (Å²) in [5.41, 5.74) is 5.03. The second-order valence-electron chi connectivity index (χ2n) is 4.34. The van der Waals surface area contributed by atoms with Crippen LogP contribution >= 0.6 is 0 Å². The third-order valence-electron chi connectivity index (χ3n) is 2.89. The average molecular weight is 245 g/mol. The van der Waals surface area contributed by atoms with Crippen molar-refractivity contribution < 1.29 is 17.9 Å². The van der Waals surface area contributed by atoms with Gasteiger partial charge in [-0.2, -0.15) is 13.2 Å². The summed E-state index contributed by atoms with van der Waals surface area (Å²) in [5, 5.41) is 0. The summed E-state index contributed by atoms with van der Waals surface area (Å²) >= 11 is 0. The van der Waals surface area contributed by atoms with Crippen molar-refractivity contribution in [2.45, 2.75) is 37.6 Å². The summed E-state index contributed by atoms with van der Waals surface area (Å²) in [5.74, 6) is 0.263. The molecule has 0 unspecified atom stereocenters. The van der Waals surface area contributed by atoms with Crippen molar-refractivity contribution in [3.8, 4) is 5.75 Å². The van der Waals surface area contributed by atoms with Crippen LogP contribution < -0.4 is 10.5 Å². The molecule has 1 fully saturated rings. The topological polar surface area (TPSA) is 35.2 Å². The van der Waals surface area contributed by atoms with Crippen LogP contribution in [0, 0.1) is 0 Å². The van der Waals surface area contributed by atoms with Crippen molar-refractivity contribution in [1.82, 2.24) is 0 Å². The van der Waals surface area contributed by atoms with Crippen molar-refractivity contribution in [3.05, 3.63) is 29.8 Å². The van der Waals surface area contributed by atoms with Crippen LogP contribution in [-0.2, 0) is 6.18 Å². The molecule has 0 amide bonds. The maximum absolute atomic E-state index is 12.5. The normalized spacial score (nSPS) is 24.9. The summed E-state index contributed by atoms with van der Waals surface area (Å²) < 4.78 is 42.9. The molecule has 0 saturated heterocycles. The van der Waals surface area contributed by atoms with E-state index in [2.05, 4.69) is 0 Å². The largest absolute Gasteiger partial charge is 0.490 e. The molecule has 0 aliphatic heterocycles. The molecule has 1 saturated carbocycles. The maximum Gasteiger partial charge on any atom is 0.416 e. The molecule has 0 bridgehead atoms. The standard InChI is InChI=1S/C12H14F3NO/c13-12(14,15)8-2-1-3-10(6-8)17-11-5-4-9(16)7-11/h1-3,6,9,11H,4-5,7,16H2/t9-,11-/m0/s1. The van der Waals surface area contributed by atoms with Crippen molar-refractivity contribution in [1.29, 1.82) is 0 Å². The van der Waals surface area contributed by atoms with Gasteiger partial charge in [-0.1, -0.05) is 6.07 Å². The van der Waals surface area contributed by atoms with E-state index >= 15 is 0 Å². The molecule has 2 nitrogen and oxygen atoms in total. The molecule has 1 aliphatic rings. The second kappa shape index (κ2) is 4.56. The highest BCUT2D eigenvalue weighted by Crippen LogP contribution is 2.32. The van der Waals surface area contributed by atoms with E-state index in [1.807, 2.05) is 0 Å². The SMILES string of the molecule is N[C@H]1CC[C@H](Oc2cccc(C(F)(F)F)c2)C1. The first kappa shape index (κ1) is 12.2. The zero-order valence-corrected chi connectivity index (χ0v) is 9.20. The molecule has 0 radical (unpaired) electrons. The third kappa shape index (κ3) is 3.12. The summed E-state index contributed by atoms with van der Waals surface area (Å²) in [6, 6.07) is 5.06. The third-order valence-corrected chi connectivity index (χ3v) is 2.89. The minimum absolute atomic E-state index is 0.0616. The fraction of sp³-hybridized carbons (Fsp3) is 0.500. The van der Waals surface area contributed by atoms with Gasteiger partial charge in [0, 0.05) is 6.04 Å². The predicted octanol–water partition coefficient (Wildman–Crippen LogP) is 2.96. The van der Waals surface area contributed by atoms with Crippen molar-refractivity contribution in [2.75, 3.05) is 0 Å². The molecular weight excluding hydrogens is 231 g/mol. The Morgan fingerprint density at radius 3 is 2.59 bits per heavy atom. The van der Waals surface area contributed by atoms with Gasteiger partial charge in [-0.15, -0.1) is 0 Å². The number of hydrogen-bond donors (Lipinski definition) is 1. The minimum atomic E-state index is -4.33. The summed E-state index contributed by atoms with van der Waals surface area (Å²) in [4.78, 5) is 0. The van der Waals surface area contributed by atoms with Gasteiger partial charge in [0.2, 0.25) is 0 Å². The lowest BCUT2D eigenvalue weighted by Crippen LogP contribution is -2.19. The van der Waals surface area contributed by atoms with Crippen LogP contribution in [0.1, 0.15) is 24.8 Å². The highest BCUT2D eigenvalue weighted by Gasteiger charge is 2.31. The number of benzene rings is 1. The van der Waals surface area contributed by atoms with Gasteiger partial charge in [0.15, 0.2) is 0 Å². The highest BCUT2D eigenvalue weighted by atomic mass is 19.4. The van der Waals surface area contributed by atoms with E-state index in [1.54, 1.807) is 6.07 Å². The second-order valence-corrected chi connectivity index (χ2v) is 4.34. The van der Waals surface area contributed by atoms with Gasteiger partial charge in [-0.3, -0.25) is 0 Å². The fourth-order valence-corrected chi connectivity index (χ4v) is 2.02. The van der Waals surface area contributed by atoms with E-state index in [1.165, 1.54) is 6.07 Å². The zero-order valence-electron chi connectivity index (χ0n) is 9.20. The van der Waals surface area contributed by atoms with Crippen molar-refractivity contribution in [2.24, 2.45) is 5.73 Å². The van der Waals surface area contributed by atoms with Gasteiger partial charge in [-0.05, 0) is 37.5 Å². The molecule has 0 spiro atoms. The van der Waals surface area contributed by atoms with Gasteiger partial charge in [0.1, 0.15) is 11.9 Å². The van der Waals surface area contributed by atoms with Crippen LogP contribution in [-0.4, -0.2) is 12.1 Å². The first-order valence-electron chi connectivity index (χ1n) is 5.54. The number of hydrogen-bond acceptors (Lipinski definition) is 2. The maximum atomic E-state index is 12.5. The Balaban J connectivity index is 2.06. The Hall–Kier alpha value is -1.23. The average Bonchev–Trinajstić information content (AvgIpc) is 2.63. The van der Waals surface area contributed by atoms with Crippen LogP contribution in [0.4, 0.5) is 13.2 Å². The molecule has 1 aliphatic carbocycles. The molecule has 17 heavy (non-hydrogen) atoms. The Morgan fingerprint density at radius 1 is 1.24 bits per heavy atom. The Labute approximate surface area is 97.6 Å².